The lowest BCUT2D eigenvalue weighted by Crippen LogP contribution is -2.45. The van der Waals surface area contributed by atoms with Crippen LogP contribution in [0.5, 0.6) is 0 Å². The SMILES string of the molecule is CCCC1CCC(C(OC)(OC)OC)CC1. The molecule has 96 valence electrons. The maximum absolute atomic E-state index is 5.43. The molecule has 1 rings (SSSR count). The molecule has 0 aromatic carbocycles. The standard InChI is InChI=1S/C13H26O3/c1-5-6-11-7-9-12(10-8-11)13(14-2,15-3)16-4/h11-12H,5-10H2,1-4H3. The van der Waals surface area contributed by atoms with Gasteiger partial charge in [-0.1, -0.05) is 19.8 Å². The second-order valence-corrected chi connectivity index (χ2v) is 4.72. The second-order valence-electron chi connectivity index (χ2n) is 4.72. The predicted molar refractivity (Wildman–Crippen MR) is 64.1 cm³/mol. The van der Waals surface area contributed by atoms with Gasteiger partial charge in [0.2, 0.25) is 0 Å². The van der Waals surface area contributed by atoms with Crippen LogP contribution < -0.4 is 0 Å². The Kier molecular flexibility index (Phi) is 5.73. The largest absolute Gasteiger partial charge is 0.331 e. The quantitative estimate of drug-likeness (QED) is 0.656. The van der Waals surface area contributed by atoms with Crippen molar-refractivity contribution in [2.75, 3.05) is 21.3 Å². The van der Waals surface area contributed by atoms with Crippen LogP contribution >= 0.6 is 0 Å². The average molecular weight is 230 g/mol. The zero-order chi connectivity index (χ0) is 12.0. The summed E-state index contributed by atoms with van der Waals surface area (Å²) in [6.45, 7) is 2.26. The van der Waals surface area contributed by atoms with Gasteiger partial charge in [0.1, 0.15) is 0 Å². The summed E-state index contributed by atoms with van der Waals surface area (Å²) in [5.41, 5.74) is 0. The molecule has 0 atom stereocenters. The van der Waals surface area contributed by atoms with Gasteiger partial charge in [0.25, 0.3) is 5.97 Å². The molecule has 0 saturated heterocycles. The van der Waals surface area contributed by atoms with Crippen LogP contribution in [0.25, 0.3) is 0 Å². The highest BCUT2D eigenvalue weighted by atomic mass is 16.9. The molecule has 0 radical (unpaired) electrons. The van der Waals surface area contributed by atoms with Gasteiger partial charge in [-0.2, -0.15) is 0 Å². The monoisotopic (exact) mass is 230 g/mol. The van der Waals surface area contributed by atoms with Crippen molar-refractivity contribution in [1.82, 2.24) is 0 Å². The first-order valence-corrected chi connectivity index (χ1v) is 6.37. The van der Waals surface area contributed by atoms with Crippen molar-refractivity contribution < 1.29 is 14.2 Å². The van der Waals surface area contributed by atoms with Crippen LogP contribution in [0.3, 0.4) is 0 Å². The third-order valence-corrected chi connectivity index (χ3v) is 3.90. The Morgan fingerprint density at radius 3 is 1.81 bits per heavy atom. The van der Waals surface area contributed by atoms with Crippen molar-refractivity contribution in [3.63, 3.8) is 0 Å². The molecule has 0 unspecified atom stereocenters. The molecule has 1 fully saturated rings. The van der Waals surface area contributed by atoms with Gasteiger partial charge >= 0.3 is 0 Å². The highest BCUT2D eigenvalue weighted by Crippen LogP contribution is 2.39. The Morgan fingerprint density at radius 1 is 0.938 bits per heavy atom. The van der Waals surface area contributed by atoms with Crippen LogP contribution in [-0.2, 0) is 14.2 Å². The fourth-order valence-electron chi connectivity index (χ4n) is 2.96. The Morgan fingerprint density at radius 2 is 1.44 bits per heavy atom. The van der Waals surface area contributed by atoms with E-state index in [2.05, 4.69) is 6.92 Å². The average Bonchev–Trinajstić information content (AvgIpc) is 2.34. The lowest BCUT2D eigenvalue weighted by atomic mass is 9.79. The highest BCUT2D eigenvalue weighted by Gasteiger charge is 2.41. The third-order valence-electron chi connectivity index (χ3n) is 3.90. The molecule has 0 heterocycles. The summed E-state index contributed by atoms with van der Waals surface area (Å²) in [6, 6.07) is 0. The predicted octanol–water partition coefficient (Wildman–Crippen LogP) is 3.19. The van der Waals surface area contributed by atoms with Crippen molar-refractivity contribution in [3.05, 3.63) is 0 Å². The first-order valence-electron chi connectivity index (χ1n) is 6.37. The molecular weight excluding hydrogens is 204 g/mol. The van der Waals surface area contributed by atoms with E-state index < -0.39 is 5.97 Å². The molecule has 1 aliphatic carbocycles. The molecule has 0 aromatic rings. The van der Waals surface area contributed by atoms with Gasteiger partial charge < -0.3 is 14.2 Å². The van der Waals surface area contributed by atoms with E-state index in [0.29, 0.717) is 5.92 Å². The van der Waals surface area contributed by atoms with Crippen LogP contribution in [0.4, 0.5) is 0 Å². The molecule has 16 heavy (non-hydrogen) atoms. The Balaban J connectivity index is 2.50. The number of hydrogen-bond acceptors (Lipinski definition) is 3. The summed E-state index contributed by atoms with van der Waals surface area (Å²) in [7, 11) is 4.97. The minimum Gasteiger partial charge on any atom is -0.331 e. The van der Waals surface area contributed by atoms with Crippen molar-refractivity contribution >= 4 is 0 Å². The number of methoxy groups -OCH3 is 3. The second kappa shape index (κ2) is 6.58. The van der Waals surface area contributed by atoms with Crippen molar-refractivity contribution in [1.29, 1.82) is 0 Å². The summed E-state index contributed by atoms with van der Waals surface area (Å²) >= 11 is 0. The fraction of sp³-hybridized carbons (Fsp3) is 1.00. The van der Waals surface area contributed by atoms with Gasteiger partial charge in [0, 0.05) is 27.2 Å². The molecule has 0 aromatic heterocycles. The van der Waals surface area contributed by atoms with Crippen LogP contribution in [0.1, 0.15) is 45.4 Å². The van der Waals surface area contributed by atoms with E-state index >= 15 is 0 Å². The van der Waals surface area contributed by atoms with Crippen LogP contribution in [0, 0.1) is 11.8 Å². The Bertz CT molecular complexity index is 173. The smallest absolute Gasteiger partial charge is 0.285 e. The van der Waals surface area contributed by atoms with Crippen molar-refractivity contribution in [2.45, 2.75) is 51.4 Å². The molecule has 0 bridgehead atoms. The number of ether oxygens (including phenoxy) is 3. The van der Waals surface area contributed by atoms with Gasteiger partial charge in [-0.15, -0.1) is 0 Å². The Labute approximate surface area is 99.5 Å². The van der Waals surface area contributed by atoms with Crippen LogP contribution in [0.15, 0.2) is 0 Å². The van der Waals surface area contributed by atoms with E-state index in [1.807, 2.05) is 0 Å². The summed E-state index contributed by atoms with van der Waals surface area (Å²) in [5, 5.41) is 0. The van der Waals surface area contributed by atoms with Crippen molar-refractivity contribution in [2.24, 2.45) is 11.8 Å². The molecule has 0 spiro atoms. The third kappa shape index (κ3) is 2.96. The zero-order valence-electron chi connectivity index (χ0n) is 11.1. The summed E-state index contributed by atoms with van der Waals surface area (Å²) in [4.78, 5) is 0. The first-order chi connectivity index (χ1) is 7.72. The minimum absolute atomic E-state index is 0.362. The van der Waals surface area contributed by atoms with Gasteiger partial charge in [0.05, 0.1) is 0 Å². The molecule has 0 amide bonds. The van der Waals surface area contributed by atoms with Gasteiger partial charge in [-0.05, 0) is 31.6 Å². The zero-order valence-corrected chi connectivity index (χ0v) is 11.1. The van der Waals surface area contributed by atoms with Gasteiger partial charge in [0.15, 0.2) is 0 Å². The lowest BCUT2D eigenvalue weighted by molar-refractivity contribution is -0.382. The molecule has 0 aliphatic heterocycles. The molecule has 1 aliphatic rings. The van der Waals surface area contributed by atoms with E-state index in [1.54, 1.807) is 21.3 Å². The lowest BCUT2D eigenvalue weighted by Gasteiger charge is -2.40. The van der Waals surface area contributed by atoms with Gasteiger partial charge in [-0.3, -0.25) is 0 Å². The maximum Gasteiger partial charge on any atom is 0.285 e. The molecule has 3 heteroatoms. The van der Waals surface area contributed by atoms with Crippen LogP contribution in [0.2, 0.25) is 0 Å². The Hall–Kier alpha value is -0.120. The van der Waals surface area contributed by atoms with Crippen LogP contribution in [-0.4, -0.2) is 27.3 Å². The summed E-state index contributed by atoms with van der Waals surface area (Å²) in [5.74, 6) is 0.433. The summed E-state index contributed by atoms with van der Waals surface area (Å²) < 4.78 is 16.3. The highest BCUT2D eigenvalue weighted by molar-refractivity contribution is 4.78. The van der Waals surface area contributed by atoms with E-state index in [-0.39, 0.29) is 0 Å². The molecule has 1 saturated carbocycles. The maximum atomic E-state index is 5.43. The first kappa shape index (κ1) is 13.9. The normalized spacial score (nSPS) is 27.0. The van der Waals surface area contributed by atoms with Gasteiger partial charge in [-0.25, -0.2) is 0 Å². The molecule has 3 nitrogen and oxygen atoms in total. The van der Waals surface area contributed by atoms with E-state index in [0.717, 1.165) is 18.8 Å². The summed E-state index contributed by atoms with van der Waals surface area (Å²) in [6.07, 6.45) is 7.47. The number of hydrogen-bond donors (Lipinski definition) is 0. The minimum atomic E-state index is -0.822. The fourth-order valence-corrected chi connectivity index (χ4v) is 2.96. The van der Waals surface area contributed by atoms with E-state index in [1.165, 1.54) is 25.7 Å². The van der Waals surface area contributed by atoms with E-state index in [9.17, 15) is 0 Å². The molecule has 0 N–H and O–H groups in total. The topological polar surface area (TPSA) is 27.7 Å². The van der Waals surface area contributed by atoms with Crippen molar-refractivity contribution in [3.8, 4) is 0 Å². The molecular formula is C13H26O3. The van der Waals surface area contributed by atoms with E-state index in [4.69, 9.17) is 14.2 Å². The number of rotatable bonds is 6.